The zero-order valence-electron chi connectivity index (χ0n) is 11.8. The van der Waals surface area contributed by atoms with Gasteiger partial charge in [-0.2, -0.15) is 0 Å². The number of nitrogens with one attached hydrogen (secondary N) is 2. The second-order valence-corrected chi connectivity index (χ2v) is 4.76. The molecule has 21 heavy (non-hydrogen) atoms. The second-order valence-electron chi connectivity index (χ2n) is 4.76. The molecule has 1 aromatic carbocycles. The quantitative estimate of drug-likeness (QED) is 0.642. The van der Waals surface area contributed by atoms with Gasteiger partial charge < -0.3 is 20.8 Å². The van der Waals surface area contributed by atoms with Crippen molar-refractivity contribution in [1.82, 2.24) is 5.32 Å². The molecule has 2 amide bonds. The maximum Gasteiger partial charge on any atom is 0.335 e. The molecule has 0 aliphatic carbocycles. The number of carboxylic acid groups (broad SMARTS) is 2. The van der Waals surface area contributed by atoms with Crippen molar-refractivity contribution in [2.24, 2.45) is 5.92 Å². The summed E-state index contributed by atoms with van der Waals surface area (Å²) in [6, 6.07) is 2.94. The van der Waals surface area contributed by atoms with Gasteiger partial charge in [0.15, 0.2) is 0 Å². The van der Waals surface area contributed by atoms with Gasteiger partial charge in [-0.05, 0) is 24.1 Å². The average Bonchev–Trinajstić information content (AvgIpc) is 2.44. The number of hydrogen-bond donors (Lipinski definition) is 4. The van der Waals surface area contributed by atoms with Crippen LogP contribution in [0, 0.1) is 5.92 Å². The lowest BCUT2D eigenvalue weighted by molar-refractivity contribution is 0.0696. The summed E-state index contributed by atoms with van der Waals surface area (Å²) >= 11 is 0. The number of carboxylic acids is 2. The fourth-order valence-electron chi connectivity index (χ4n) is 1.53. The molecule has 114 valence electrons. The number of anilines is 1. The Bertz CT molecular complexity index is 524. The van der Waals surface area contributed by atoms with Gasteiger partial charge in [0.25, 0.3) is 0 Å². The van der Waals surface area contributed by atoms with Crippen molar-refractivity contribution in [2.75, 3.05) is 11.9 Å². The predicted molar refractivity (Wildman–Crippen MR) is 76.8 cm³/mol. The Balaban J connectivity index is 2.84. The van der Waals surface area contributed by atoms with Crippen LogP contribution in [0.25, 0.3) is 0 Å². The van der Waals surface area contributed by atoms with Crippen molar-refractivity contribution in [1.29, 1.82) is 0 Å². The molecule has 0 fully saturated rings. The third-order valence-electron chi connectivity index (χ3n) is 2.99. The lowest BCUT2D eigenvalue weighted by atomic mass is 10.1. The normalized spacial score (nSPS) is 11.5. The van der Waals surface area contributed by atoms with Crippen LogP contribution in [0.4, 0.5) is 10.5 Å². The molecule has 0 bridgehead atoms. The van der Waals surface area contributed by atoms with Crippen LogP contribution in [0.5, 0.6) is 0 Å². The highest BCUT2D eigenvalue weighted by atomic mass is 16.4. The predicted octanol–water partition coefficient (Wildman–Crippen LogP) is 2.25. The number of amides is 2. The minimum absolute atomic E-state index is 0.119. The molecule has 0 heterocycles. The molecular formula is C14H18N2O5. The Kier molecular flexibility index (Phi) is 5.71. The molecule has 0 saturated carbocycles. The molecule has 7 nitrogen and oxygen atoms in total. The van der Waals surface area contributed by atoms with E-state index in [0.29, 0.717) is 12.5 Å². The molecule has 4 N–H and O–H groups in total. The smallest absolute Gasteiger partial charge is 0.335 e. The lowest BCUT2D eigenvalue weighted by Crippen LogP contribution is -2.32. The van der Waals surface area contributed by atoms with Gasteiger partial charge in [-0.3, -0.25) is 0 Å². The topological polar surface area (TPSA) is 116 Å². The van der Waals surface area contributed by atoms with E-state index in [2.05, 4.69) is 10.6 Å². The fraction of sp³-hybridized carbons (Fsp3) is 0.357. The van der Waals surface area contributed by atoms with Crippen LogP contribution in [0.1, 0.15) is 41.0 Å². The fourth-order valence-corrected chi connectivity index (χ4v) is 1.53. The first-order chi connectivity index (χ1) is 9.83. The van der Waals surface area contributed by atoms with Crippen molar-refractivity contribution in [3.8, 4) is 0 Å². The molecule has 0 aromatic heterocycles. The molecular weight excluding hydrogens is 276 g/mol. The molecule has 1 aromatic rings. The highest BCUT2D eigenvalue weighted by molar-refractivity contribution is 5.98. The van der Waals surface area contributed by atoms with E-state index in [1.54, 1.807) is 0 Å². The summed E-state index contributed by atoms with van der Waals surface area (Å²) in [4.78, 5) is 33.6. The standard InChI is InChI=1S/C14H18N2O5/c1-3-8(2)7-15-14(21)16-11-5-9(12(17)18)4-10(6-11)13(19)20/h4-6,8H,3,7H2,1-2H3,(H,17,18)(H,19,20)(H2,15,16,21). The first kappa shape index (κ1) is 16.5. The van der Waals surface area contributed by atoms with Crippen LogP contribution < -0.4 is 10.6 Å². The Morgan fingerprint density at radius 3 is 2.05 bits per heavy atom. The number of rotatable bonds is 6. The molecule has 1 rings (SSSR count). The summed E-state index contributed by atoms with van der Waals surface area (Å²) < 4.78 is 0. The van der Waals surface area contributed by atoms with E-state index in [1.807, 2.05) is 13.8 Å². The number of aromatic carboxylic acids is 2. The van der Waals surface area contributed by atoms with Gasteiger partial charge in [0.1, 0.15) is 0 Å². The van der Waals surface area contributed by atoms with Crippen molar-refractivity contribution in [3.05, 3.63) is 29.3 Å². The molecule has 0 aliphatic rings. The molecule has 0 saturated heterocycles. The lowest BCUT2D eigenvalue weighted by Gasteiger charge is -2.12. The molecule has 1 atom stereocenters. The summed E-state index contributed by atoms with van der Waals surface area (Å²) in [7, 11) is 0. The summed E-state index contributed by atoms with van der Waals surface area (Å²) in [5, 5.41) is 22.9. The maximum absolute atomic E-state index is 11.7. The zero-order valence-corrected chi connectivity index (χ0v) is 11.8. The molecule has 0 spiro atoms. The highest BCUT2D eigenvalue weighted by Crippen LogP contribution is 2.15. The van der Waals surface area contributed by atoms with E-state index in [0.717, 1.165) is 12.5 Å². The Morgan fingerprint density at radius 2 is 1.62 bits per heavy atom. The van der Waals surface area contributed by atoms with Crippen LogP contribution in [0.2, 0.25) is 0 Å². The number of urea groups is 1. The molecule has 0 aliphatic heterocycles. The van der Waals surface area contributed by atoms with E-state index >= 15 is 0 Å². The first-order valence-corrected chi connectivity index (χ1v) is 6.50. The highest BCUT2D eigenvalue weighted by Gasteiger charge is 2.13. The van der Waals surface area contributed by atoms with Gasteiger partial charge in [0.2, 0.25) is 0 Å². The van der Waals surface area contributed by atoms with Gasteiger partial charge in [0.05, 0.1) is 11.1 Å². The Hall–Kier alpha value is -2.57. The SMILES string of the molecule is CCC(C)CNC(=O)Nc1cc(C(=O)O)cc(C(=O)O)c1. The van der Waals surface area contributed by atoms with Crippen LogP contribution in [-0.2, 0) is 0 Å². The van der Waals surface area contributed by atoms with Crippen molar-refractivity contribution in [3.63, 3.8) is 0 Å². The third-order valence-corrected chi connectivity index (χ3v) is 2.99. The van der Waals surface area contributed by atoms with Crippen LogP contribution in [-0.4, -0.2) is 34.7 Å². The van der Waals surface area contributed by atoms with Gasteiger partial charge >= 0.3 is 18.0 Å². The number of carbonyl (C=O) groups excluding carboxylic acids is 1. The maximum atomic E-state index is 11.7. The monoisotopic (exact) mass is 294 g/mol. The summed E-state index contributed by atoms with van der Waals surface area (Å²) in [6.07, 6.45) is 0.915. The van der Waals surface area contributed by atoms with Gasteiger partial charge in [-0.1, -0.05) is 20.3 Å². The minimum Gasteiger partial charge on any atom is -0.478 e. The first-order valence-electron chi connectivity index (χ1n) is 6.50. The van der Waals surface area contributed by atoms with Crippen molar-refractivity contribution >= 4 is 23.7 Å². The summed E-state index contributed by atoms with van der Waals surface area (Å²) in [5.41, 5.74) is -0.284. The summed E-state index contributed by atoms with van der Waals surface area (Å²) in [6.45, 7) is 4.46. The third kappa shape index (κ3) is 5.13. The van der Waals surface area contributed by atoms with Crippen LogP contribution in [0.3, 0.4) is 0 Å². The van der Waals surface area contributed by atoms with Crippen molar-refractivity contribution in [2.45, 2.75) is 20.3 Å². The summed E-state index contributed by atoms with van der Waals surface area (Å²) in [5.74, 6) is -2.21. The molecule has 0 radical (unpaired) electrons. The van der Waals surface area contributed by atoms with E-state index in [-0.39, 0.29) is 16.8 Å². The minimum atomic E-state index is -1.26. The van der Waals surface area contributed by atoms with Crippen LogP contribution >= 0.6 is 0 Å². The Labute approximate surface area is 122 Å². The van der Waals surface area contributed by atoms with Gasteiger partial charge in [0, 0.05) is 12.2 Å². The number of hydrogen-bond acceptors (Lipinski definition) is 3. The second kappa shape index (κ2) is 7.28. The van der Waals surface area contributed by atoms with Crippen molar-refractivity contribution < 1.29 is 24.6 Å². The van der Waals surface area contributed by atoms with E-state index in [4.69, 9.17) is 10.2 Å². The van der Waals surface area contributed by atoms with E-state index in [9.17, 15) is 14.4 Å². The van der Waals surface area contributed by atoms with Crippen LogP contribution in [0.15, 0.2) is 18.2 Å². The van der Waals surface area contributed by atoms with Gasteiger partial charge in [-0.15, -0.1) is 0 Å². The number of carbonyl (C=O) groups is 3. The zero-order chi connectivity index (χ0) is 16.0. The van der Waals surface area contributed by atoms with E-state index < -0.39 is 18.0 Å². The average molecular weight is 294 g/mol. The molecule has 1 unspecified atom stereocenters. The Morgan fingerprint density at radius 1 is 1.10 bits per heavy atom. The van der Waals surface area contributed by atoms with E-state index in [1.165, 1.54) is 12.1 Å². The van der Waals surface area contributed by atoms with Gasteiger partial charge in [-0.25, -0.2) is 14.4 Å². The number of benzene rings is 1. The molecule has 7 heteroatoms. The largest absolute Gasteiger partial charge is 0.478 e.